The van der Waals surface area contributed by atoms with E-state index in [4.69, 9.17) is 0 Å². The molecule has 5 rings (SSSR count). The predicted octanol–water partition coefficient (Wildman–Crippen LogP) is 3.26. The number of hydrogen-bond donors (Lipinski definition) is 3. The molecule has 0 radical (unpaired) electrons. The number of aromatic amines is 1. The topological polar surface area (TPSA) is 77.2 Å². The second-order valence-electron chi connectivity index (χ2n) is 9.82. The first kappa shape index (κ1) is 20.5. The largest absolute Gasteiger partial charge is 0.356 e. The third-order valence-electron chi connectivity index (χ3n) is 7.75. The molecular formula is C24H31FN4O2. The molecule has 0 bridgehead atoms. The molecule has 7 heteroatoms. The number of rotatable bonds is 3. The Balaban J connectivity index is 1.20. The van der Waals surface area contributed by atoms with Gasteiger partial charge in [0.15, 0.2) is 0 Å². The van der Waals surface area contributed by atoms with Gasteiger partial charge in [0.05, 0.1) is 5.52 Å². The lowest BCUT2D eigenvalue weighted by Gasteiger charge is -2.44. The van der Waals surface area contributed by atoms with Crippen molar-refractivity contribution in [1.29, 1.82) is 0 Å². The maximum Gasteiger partial charge on any atom is 0.267 e. The van der Waals surface area contributed by atoms with E-state index in [-0.39, 0.29) is 29.1 Å². The van der Waals surface area contributed by atoms with Crippen molar-refractivity contribution in [3.63, 3.8) is 0 Å². The van der Waals surface area contributed by atoms with Gasteiger partial charge in [0.25, 0.3) is 5.91 Å². The Morgan fingerprint density at radius 3 is 2.77 bits per heavy atom. The van der Waals surface area contributed by atoms with Crippen LogP contribution >= 0.6 is 0 Å². The zero-order chi connectivity index (χ0) is 21.6. The summed E-state index contributed by atoms with van der Waals surface area (Å²) in [5.41, 5.74) is 2.20. The van der Waals surface area contributed by atoms with Crippen LogP contribution in [0, 0.1) is 18.2 Å². The number of piperidine rings is 1. The van der Waals surface area contributed by atoms with Gasteiger partial charge in [-0.1, -0.05) is 6.07 Å². The van der Waals surface area contributed by atoms with E-state index in [1.807, 2.05) is 6.92 Å². The molecule has 1 aliphatic carbocycles. The Kier molecular flexibility index (Phi) is 5.24. The Morgan fingerprint density at radius 1 is 1.26 bits per heavy atom. The number of halogens is 1. The van der Waals surface area contributed by atoms with Crippen molar-refractivity contribution in [2.24, 2.45) is 5.41 Å². The van der Waals surface area contributed by atoms with Gasteiger partial charge in [0.2, 0.25) is 5.91 Å². The molecule has 1 aromatic heterocycles. The summed E-state index contributed by atoms with van der Waals surface area (Å²) in [6, 6.07) is 5.40. The molecule has 2 saturated heterocycles. The first-order valence-electron chi connectivity index (χ1n) is 11.5. The van der Waals surface area contributed by atoms with E-state index in [2.05, 4.69) is 20.5 Å². The molecule has 166 valence electrons. The lowest BCUT2D eigenvalue weighted by Crippen LogP contribution is -2.50. The number of likely N-dealkylation sites (tertiary alicyclic amines) is 1. The Labute approximate surface area is 181 Å². The number of hydrogen-bond acceptors (Lipinski definition) is 3. The standard InChI is InChI=1S/C24H31FN4O2/c1-15-5-6-19(25)18-12-20(28-22(15)18)23(31)27-16-3-2-4-17(11-16)29-9-7-24(8-10-29)13-21(30)26-14-24/h5-6,12,16-17,28H,2-4,7-11,13-14H2,1H3,(H,26,30)(H,27,31)/t16-,17-/m1/s1. The number of H-pyrrole nitrogens is 1. The van der Waals surface area contributed by atoms with E-state index in [9.17, 15) is 14.0 Å². The monoisotopic (exact) mass is 426 g/mol. The lowest BCUT2D eigenvalue weighted by molar-refractivity contribution is -0.119. The average molecular weight is 427 g/mol. The summed E-state index contributed by atoms with van der Waals surface area (Å²) >= 11 is 0. The van der Waals surface area contributed by atoms with Crippen LogP contribution in [-0.2, 0) is 4.79 Å². The van der Waals surface area contributed by atoms with Crippen molar-refractivity contribution < 1.29 is 14.0 Å². The second-order valence-corrected chi connectivity index (χ2v) is 9.82. The predicted molar refractivity (Wildman–Crippen MR) is 117 cm³/mol. The molecule has 3 aliphatic rings. The number of nitrogens with zero attached hydrogens (tertiary/aromatic N) is 1. The van der Waals surface area contributed by atoms with Crippen LogP contribution in [0.2, 0.25) is 0 Å². The van der Waals surface area contributed by atoms with Crippen LogP contribution < -0.4 is 10.6 Å². The molecule has 1 aromatic carbocycles. The van der Waals surface area contributed by atoms with Crippen LogP contribution in [0.3, 0.4) is 0 Å². The zero-order valence-electron chi connectivity index (χ0n) is 18.1. The molecule has 3 fully saturated rings. The molecule has 1 saturated carbocycles. The van der Waals surface area contributed by atoms with E-state index in [1.165, 1.54) is 6.07 Å². The minimum absolute atomic E-state index is 0.134. The van der Waals surface area contributed by atoms with E-state index >= 15 is 0 Å². The highest BCUT2D eigenvalue weighted by molar-refractivity contribution is 5.99. The number of carbonyl (C=O) groups excluding carboxylic acids is 2. The number of nitrogens with one attached hydrogen (secondary N) is 3. The van der Waals surface area contributed by atoms with Crippen LogP contribution in [0.15, 0.2) is 18.2 Å². The average Bonchev–Trinajstić information content (AvgIpc) is 3.37. The van der Waals surface area contributed by atoms with E-state index in [0.29, 0.717) is 29.1 Å². The summed E-state index contributed by atoms with van der Waals surface area (Å²) in [5, 5.41) is 6.65. The number of carbonyl (C=O) groups is 2. The van der Waals surface area contributed by atoms with Gasteiger partial charge in [-0.25, -0.2) is 4.39 Å². The molecule has 3 N–H and O–H groups in total. The summed E-state index contributed by atoms with van der Waals surface area (Å²) in [7, 11) is 0. The number of amides is 2. The summed E-state index contributed by atoms with van der Waals surface area (Å²) in [4.78, 5) is 30.2. The minimum atomic E-state index is -0.310. The van der Waals surface area contributed by atoms with Crippen LogP contribution in [-0.4, -0.2) is 53.4 Å². The second kappa shape index (κ2) is 7.93. The number of benzene rings is 1. The Morgan fingerprint density at radius 2 is 2.06 bits per heavy atom. The van der Waals surface area contributed by atoms with Gasteiger partial charge in [0.1, 0.15) is 11.5 Å². The molecule has 2 aliphatic heterocycles. The smallest absolute Gasteiger partial charge is 0.267 e. The van der Waals surface area contributed by atoms with Crippen molar-refractivity contribution in [1.82, 2.24) is 20.5 Å². The van der Waals surface area contributed by atoms with Crippen molar-refractivity contribution in [3.05, 3.63) is 35.3 Å². The van der Waals surface area contributed by atoms with Crippen LogP contribution in [0.5, 0.6) is 0 Å². The van der Waals surface area contributed by atoms with Gasteiger partial charge < -0.3 is 20.5 Å². The SMILES string of the molecule is Cc1ccc(F)c2cc(C(=O)N[C@@H]3CCC[C@@H](N4CCC5(CC4)CNC(=O)C5)C3)[nH]c12. The number of fused-ring (bicyclic) bond motifs is 1. The highest BCUT2D eigenvalue weighted by Gasteiger charge is 2.42. The van der Waals surface area contributed by atoms with E-state index in [0.717, 1.165) is 63.7 Å². The van der Waals surface area contributed by atoms with Crippen molar-refractivity contribution in [3.8, 4) is 0 Å². The third-order valence-corrected chi connectivity index (χ3v) is 7.75. The van der Waals surface area contributed by atoms with Gasteiger partial charge in [-0.15, -0.1) is 0 Å². The van der Waals surface area contributed by atoms with E-state index in [1.54, 1.807) is 12.1 Å². The maximum absolute atomic E-state index is 14.1. The van der Waals surface area contributed by atoms with Crippen molar-refractivity contribution >= 4 is 22.7 Å². The van der Waals surface area contributed by atoms with Crippen molar-refractivity contribution in [2.75, 3.05) is 19.6 Å². The van der Waals surface area contributed by atoms with Gasteiger partial charge in [-0.3, -0.25) is 9.59 Å². The molecule has 6 nitrogen and oxygen atoms in total. The zero-order valence-corrected chi connectivity index (χ0v) is 18.1. The number of aromatic nitrogens is 1. The van der Waals surface area contributed by atoms with Gasteiger partial charge in [-0.2, -0.15) is 0 Å². The lowest BCUT2D eigenvalue weighted by atomic mass is 9.76. The quantitative estimate of drug-likeness (QED) is 0.705. The number of aryl methyl sites for hydroxylation is 1. The summed E-state index contributed by atoms with van der Waals surface area (Å²) < 4.78 is 14.1. The summed E-state index contributed by atoms with van der Waals surface area (Å²) in [6.45, 7) is 4.79. The fourth-order valence-corrected chi connectivity index (χ4v) is 5.81. The fraction of sp³-hybridized carbons (Fsp3) is 0.583. The Bertz CT molecular complexity index is 969. The van der Waals surface area contributed by atoms with E-state index < -0.39 is 0 Å². The molecule has 3 heterocycles. The van der Waals surface area contributed by atoms with Gasteiger partial charge in [0, 0.05) is 30.4 Å². The Hall–Kier alpha value is -2.41. The minimum Gasteiger partial charge on any atom is -0.356 e. The van der Waals surface area contributed by atoms with Crippen LogP contribution in [0.4, 0.5) is 4.39 Å². The summed E-state index contributed by atoms with van der Waals surface area (Å²) in [6.07, 6.45) is 6.99. The van der Waals surface area contributed by atoms with Crippen LogP contribution in [0.1, 0.15) is 61.0 Å². The first-order valence-corrected chi connectivity index (χ1v) is 11.5. The molecule has 2 amide bonds. The molecule has 31 heavy (non-hydrogen) atoms. The molecule has 1 spiro atoms. The third kappa shape index (κ3) is 3.95. The fourth-order valence-electron chi connectivity index (χ4n) is 5.81. The maximum atomic E-state index is 14.1. The molecule has 2 atom stereocenters. The summed E-state index contributed by atoms with van der Waals surface area (Å²) in [5.74, 6) is -0.273. The van der Waals surface area contributed by atoms with Crippen LogP contribution in [0.25, 0.3) is 10.9 Å². The molecule has 2 aromatic rings. The van der Waals surface area contributed by atoms with Crippen molar-refractivity contribution in [2.45, 2.75) is 64.0 Å². The first-order chi connectivity index (χ1) is 14.9. The molecular weight excluding hydrogens is 395 g/mol. The van der Waals surface area contributed by atoms with Gasteiger partial charge >= 0.3 is 0 Å². The molecule has 0 unspecified atom stereocenters. The highest BCUT2D eigenvalue weighted by Crippen LogP contribution is 2.39. The normalized spacial score (nSPS) is 26.3. The highest BCUT2D eigenvalue weighted by atomic mass is 19.1. The van der Waals surface area contributed by atoms with Gasteiger partial charge in [-0.05, 0) is 81.6 Å².